The molecule has 1 aromatic rings. The molecule has 0 unspecified atom stereocenters. The minimum atomic E-state index is 0.0353. The molecule has 25 heavy (non-hydrogen) atoms. The molecule has 1 amide bonds. The highest BCUT2D eigenvalue weighted by Crippen LogP contribution is 2.34. The second-order valence-corrected chi connectivity index (χ2v) is 7.66. The molecular weight excluding hydrogens is 336 g/mol. The van der Waals surface area contributed by atoms with Crippen LogP contribution in [-0.4, -0.2) is 43.6 Å². The van der Waals surface area contributed by atoms with Crippen molar-refractivity contribution in [3.05, 3.63) is 23.2 Å². The van der Waals surface area contributed by atoms with Crippen LogP contribution < -0.4 is 9.64 Å². The van der Waals surface area contributed by atoms with Crippen molar-refractivity contribution in [1.82, 2.24) is 4.90 Å². The summed E-state index contributed by atoms with van der Waals surface area (Å²) in [6.07, 6.45) is 7.72. The van der Waals surface area contributed by atoms with Crippen molar-refractivity contribution in [2.24, 2.45) is 5.92 Å². The largest absolute Gasteiger partial charge is 0.482 e. The lowest BCUT2D eigenvalue weighted by molar-refractivity contribution is -0.121. The minimum Gasteiger partial charge on any atom is -0.482 e. The third-order valence-corrected chi connectivity index (χ3v) is 5.63. The van der Waals surface area contributed by atoms with Crippen LogP contribution >= 0.6 is 11.6 Å². The molecule has 1 aromatic carbocycles. The van der Waals surface area contributed by atoms with E-state index in [1.54, 1.807) is 6.07 Å². The van der Waals surface area contributed by atoms with E-state index in [1.165, 1.54) is 45.2 Å². The summed E-state index contributed by atoms with van der Waals surface area (Å²) in [5.41, 5.74) is 0.846. The van der Waals surface area contributed by atoms with Gasteiger partial charge in [0.1, 0.15) is 5.75 Å². The summed E-state index contributed by atoms with van der Waals surface area (Å²) in [4.78, 5) is 16.6. The van der Waals surface area contributed by atoms with Crippen molar-refractivity contribution in [2.75, 3.05) is 37.7 Å². The zero-order valence-electron chi connectivity index (χ0n) is 15.2. The van der Waals surface area contributed by atoms with Crippen molar-refractivity contribution >= 4 is 23.2 Å². The lowest BCUT2D eigenvalue weighted by Crippen LogP contribution is -2.41. The molecule has 0 radical (unpaired) electrons. The Labute approximate surface area is 156 Å². The molecule has 0 atom stereocenters. The first-order valence-electron chi connectivity index (χ1n) is 9.62. The molecule has 3 rings (SSSR count). The number of carbonyl (C=O) groups excluding carboxylic acids is 1. The second-order valence-electron chi connectivity index (χ2n) is 7.23. The van der Waals surface area contributed by atoms with Crippen molar-refractivity contribution in [3.8, 4) is 5.75 Å². The van der Waals surface area contributed by atoms with Gasteiger partial charge in [-0.15, -0.1) is 0 Å². The Balaban J connectivity index is 1.46. The summed E-state index contributed by atoms with van der Waals surface area (Å²) in [5.74, 6) is 1.67. The number of hydrogen-bond acceptors (Lipinski definition) is 3. The summed E-state index contributed by atoms with van der Waals surface area (Å²) in [6.45, 7) is 6.60. The molecule has 1 fully saturated rings. The Kier molecular flexibility index (Phi) is 6.60. The van der Waals surface area contributed by atoms with E-state index in [1.807, 2.05) is 17.0 Å². The zero-order chi connectivity index (χ0) is 17.6. The lowest BCUT2D eigenvalue weighted by Gasteiger charge is -2.33. The first-order valence-corrected chi connectivity index (χ1v) is 10.00. The smallest absolute Gasteiger partial charge is 0.265 e. The average molecular weight is 365 g/mol. The van der Waals surface area contributed by atoms with Gasteiger partial charge in [0.2, 0.25) is 0 Å². The topological polar surface area (TPSA) is 32.8 Å². The molecule has 5 heteroatoms. The van der Waals surface area contributed by atoms with Crippen LogP contribution in [0.1, 0.15) is 45.4 Å². The molecule has 0 spiro atoms. The first-order chi connectivity index (χ1) is 12.2. The van der Waals surface area contributed by atoms with Gasteiger partial charge < -0.3 is 14.5 Å². The molecule has 1 saturated heterocycles. The van der Waals surface area contributed by atoms with Crippen LogP contribution in [0.15, 0.2) is 18.2 Å². The predicted molar refractivity (Wildman–Crippen MR) is 103 cm³/mol. The highest BCUT2D eigenvalue weighted by atomic mass is 35.5. The number of fused-ring (bicyclic) bond motifs is 1. The summed E-state index contributed by atoms with van der Waals surface area (Å²) in [5, 5.41) is 0.638. The maximum absolute atomic E-state index is 12.2. The van der Waals surface area contributed by atoms with Gasteiger partial charge in [0.15, 0.2) is 6.61 Å². The van der Waals surface area contributed by atoms with E-state index in [0.29, 0.717) is 10.8 Å². The SMILES string of the molecule is CCCCC1CCN(CCCN2C(=O)COc3cc(Cl)ccc32)CC1. The summed E-state index contributed by atoms with van der Waals surface area (Å²) in [7, 11) is 0. The number of amides is 1. The number of likely N-dealkylation sites (tertiary alicyclic amines) is 1. The van der Waals surface area contributed by atoms with Crippen LogP contribution in [0.25, 0.3) is 0 Å². The molecule has 0 N–H and O–H groups in total. The fourth-order valence-electron chi connectivity index (χ4n) is 3.87. The molecule has 138 valence electrons. The van der Waals surface area contributed by atoms with Gasteiger partial charge in [0.05, 0.1) is 5.69 Å². The van der Waals surface area contributed by atoms with Gasteiger partial charge in [-0.1, -0.05) is 37.8 Å². The average Bonchev–Trinajstić information content (AvgIpc) is 2.63. The molecule has 0 aromatic heterocycles. The molecule has 2 aliphatic rings. The number of nitrogens with zero attached hydrogens (tertiary/aromatic N) is 2. The number of benzene rings is 1. The molecular formula is C20H29ClN2O2. The quantitative estimate of drug-likeness (QED) is 0.720. The van der Waals surface area contributed by atoms with E-state index < -0.39 is 0 Å². The predicted octanol–water partition coefficient (Wildman–Crippen LogP) is 4.36. The minimum absolute atomic E-state index is 0.0353. The number of anilines is 1. The highest BCUT2D eigenvalue weighted by molar-refractivity contribution is 6.30. The Morgan fingerprint density at radius 3 is 2.76 bits per heavy atom. The normalized spacial score (nSPS) is 19.0. The van der Waals surface area contributed by atoms with E-state index >= 15 is 0 Å². The van der Waals surface area contributed by atoms with Gasteiger partial charge in [-0.25, -0.2) is 0 Å². The maximum atomic E-state index is 12.2. The Morgan fingerprint density at radius 2 is 2.00 bits per heavy atom. The Morgan fingerprint density at radius 1 is 1.20 bits per heavy atom. The van der Waals surface area contributed by atoms with Crippen LogP contribution in [0.4, 0.5) is 5.69 Å². The molecule has 2 aliphatic heterocycles. The fourth-order valence-corrected chi connectivity index (χ4v) is 4.03. The van der Waals surface area contributed by atoms with E-state index in [9.17, 15) is 4.79 Å². The van der Waals surface area contributed by atoms with Crippen LogP contribution in [0.2, 0.25) is 5.02 Å². The van der Waals surface area contributed by atoms with Gasteiger partial charge in [-0.05, 0) is 56.9 Å². The third kappa shape index (κ3) is 4.89. The number of piperidine rings is 1. The van der Waals surface area contributed by atoms with Crippen molar-refractivity contribution in [2.45, 2.75) is 45.4 Å². The van der Waals surface area contributed by atoms with Gasteiger partial charge >= 0.3 is 0 Å². The van der Waals surface area contributed by atoms with Gasteiger partial charge in [-0.2, -0.15) is 0 Å². The van der Waals surface area contributed by atoms with Crippen LogP contribution in [0.5, 0.6) is 5.75 Å². The van der Waals surface area contributed by atoms with Crippen LogP contribution in [0.3, 0.4) is 0 Å². The number of hydrogen-bond donors (Lipinski definition) is 0. The fraction of sp³-hybridized carbons (Fsp3) is 0.650. The summed E-state index contributed by atoms with van der Waals surface area (Å²) >= 11 is 6.02. The van der Waals surface area contributed by atoms with Crippen molar-refractivity contribution in [1.29, 1.82) is 0 Å². The second kappa shape index (κ2) is 8.91. The van der Waals surface area contributed by atoms with E-state index in [-0.39, 0.29) is 12.5 Å². The Hall–Kier alpha value is -1.26. The van der Waals surface area contributed by atoms with Crippen molar-refractivity contribution in [3.63, 3.8) is 0 Å². The van der Waals surface area contributed by atoms with Crippen LogP contribution in [-0.2, 0) is 4.79 Å². The Bertz CT molecular complexity index is 585. The van der Waals surface area contributed by atoms with E-state index in [0.717, 1.165) is 31.1 Å². The number of rotatable bonds is 7. The molecule has 0 bridgehead atoms. The van der Waals surface area contributed by atoms with Gasteiger partial charge in [-0.3, -0.25) is 4.79 Å². The monoisotopic (exact) mass is 364 g/mol. The molecule has 4 nitrogen and oxygen atoms in total. The molecule has 0 saturated carbocycles. The first kappa shape index (κ1) is 18.5. The third-order valence-electron chi connectivity index (χ3n) is 5.39. The molecule has 0 aliphatic carbocycles. The number of unbranched alkanes of at least 4 members (excludes halogenated alkanes) is 1. The van der Waals surface area contributed by atoms with Gasteiger partial charge in [0.25, 0.3) is 5.91 Å². The number of halogens is 1. The zero-order valence-corrected chi connectivity index (χ0v) is 15.9. The highest BCUT2D eigenvalue weighted by Gasteiger charge is 2.26. The van der Waals surface area contributed by atoms with Crippen LogP contribution in [0, 0.1) is 5.92 Å². The van der Waals surface area contributed by atoms with Crippen molar-refractivity contribution < 1.29 is 9.53 Å². The maximum Gasteiger partial charge on any atom is 0.265 e. The van der Waals surface area contributed by atoms with E-state index in [2.05, 4.69) is 11.8 Å². The van der Waals surface area contributed by atoms with E-state index in [4.69, 9.17) is 16.3 Å². The van der Waals surface area contributed by atoms with Gasteiger partial charge in [0, 0.05) is 17.6 Å². The lowest BCUT2D eigenvalue weighted by atomic mass is 9.91. The standard InChI is InChI=1S/C20H29ClN2O2/c1-2-3-5-16-8-12-22(13-9-16)10-4-11-23-18-7-6-17(21)14-19(18)25-15-20(23)24/h6-7,14,16H,2-5,8-13,15H2,1H3. The molecule has 2 heterocycles. The summed E-state index contributed by atoms with van der Waals surface area (Å²) in [6, 6.07) is 5.49. The number of carbonyl (C=O) groups is 1. The number of ether oxygens (including phenoxy) is 1. The summed E-state index contributed by atoms with van der Waals surface area (Å²) < 4.78 is 5.50.